The molecule has 1 N–H and O–H groups in total. The number of aromatic nitrogens is 2. The maximum Gasteiger partial charge on any atom is 0.308 e. The molecule has 3 heterocycles. The zero-order valence-electron chi connectivity index (χ0n) is 16.2. The Morgan fingerprint density at radius 2 is 1.96 bits per heavy atom. The van der Waals surface area contributed by atoms with Crippen LogP contribution in [0.3, 0.4) is 0 Å². The highest BCUT2D eigenvalue weighted by atomic mass is 35.5. The number of benzene rings is 1. The largest absolute Gasteiger partial charge is 0.450 e. The van der Waals surface area contributed by atoms with E-state index >= 15 is 0 Å². The van der Waals surface area contributed by atoms with Gasteiger partial charge in [-0.3, -0.25) is 4.79 Å². The monoisotopic (exact) mass is 404 g/mol. The third-order valence-corrected chi connectivity index (χ3v) is 5.11. The Bertz CT molecular complexity index is 960. The molecule has 0 saturated carbocycles. The summed E-state index contributed by atoms with van der Waals surface area (Å²) >= 11 is 0. The number of rotatable bonds is 6. The molecule has 7 nitrogen and oxygen atoms in total. The smallest absolute Gasteiger partial charge is 0.308 e. The lowest BCUT2D eigenvalue weighted by Gasteiger charge is -2.13. The van der Waals surface area contributed by atoms with E-state index in [-0.39, 0.29) is 30.1 Å². The predicted octanol–water partition coefficient (Wildman–Crippen LogP) is 3.74. The summed E-state index contributed by atoms with van der Waals surface area (Å²) in [7, 11) is 0. The van der Waals surface area contributed by atoms with Gasteiger partial charge in [0.15, 0.2) is 5.76 Å². The summed E-state index contributed by atoms with van der Waals surface area (Å²) in [6, 6.07) is 5.97. The van der Waals surface area contributed by atoms with E-state index in [1.807, 2.05) is 32.0 Å². The standard InChI is InChI=1S/C20H24N4O3.ClH/c1-13-7-5-8-15-14(2)17(26-16(13)15)19-22-23-20(27-19)18(25)21-9-6-12-24-10-3-4-11-24;/h5,7-8H,3-4,6,9-12H2,1-2H3,(H,21,25);1H. The molecular formula is C20H25ClN4O3. The summed E-state index contributed by atoms with van der Waals surface area (Å²) in [5.41, 5.74) is 2.77. The fraction of sp³-hybridized carbons (Fsp3) is 0.450. The first-order valence-corrected chi connectivity index (χ1v) is 9.46. The van der Waals surface area contributed by atoms with Crippen LogP contribution in [0.25, 0.3) is 22.6 Å². The highest BCUT2D eigenvalue weighted by molar-refractivity contribution is 5.90. The number of hydrogen-bond acceptors (Lipinski definition) is 6. The number of furan rings is 1. The Hall–Kier alpha value is -2.38. The van der Waals surface area contributed by atoms with Crippen molar-refractivity contribution in [2.45, 2.75) is 33.1 Å². The topological polar surface area (TPSA) is 84.4 Å². The lowest BCUT2D eigenvalue weighted by atomic mass is 10.1. The molecular weight excluding hydrogens is 380 g/mol. The van der Waals surface area contributed by atoms with Crippen molar-refractivity contribution < 1.29 is 13.6 Å². The van der Waals surface area contributed by atoms with Gasteiger partial charge in [0.05, 0.1) is 0 Å². The number of carbonyl (C=O) groups is 1. The molecule has 8 heteroatoms. The van der Waals surface area contributed by atoms with Gasteiger partial charge in [-0.15, -0.1) is 22.6 Å². The molecule has 28 heavy (non-hydrogen) atoms. The van der Waals surface area contributed by atoms with Gasteiger partial charge in [0.25, 0.3) is 5.89 Å². The molecule has 1 aliphatic heterocycles. The molecule has 3 aromatic rings. The lowest BCUT2D eigenvalue weighted by molar-refractivity contribution is 0.0918. The predicted molar refractivity (Wildman–Crippen MR) is 109 cm³/mol. The minimum absolute atomic E-state index is 0. The second-order valence-electron chi connectivity index (χ2n) is 7.08. The first-order valence-electron chi connectivity index (χ1n) is 9.46. The Morgan fingerprint density at radius 3 is 2.71 bits per heavy atom. The summed E-state index contributed by atoms with van der Waals surface area (Å²) in [6.07, 6.45) is 3.46. The number of amides is 1. The van der Waals surface area contributed by atoms with E-state index in [0.29, 0.717) is 12.3 Å². The molecule has 4 rings (SSSR count). The van der Waals surface area contributed by atoms with Crippen molar-refractivity contribution in [1.82, 2.24) is 20.4 Å². The highest BCUT2D eigenvalue weighted by Gasteiger charge is 2.21. The van der Waals surface area contributed by atoms with Crippen LogP contribution in [-0.4, -0.2) is 47.2 Å². The molecule has 0 aliphatic carbocycles. The minimum Gasteiger partial charge on any atom is -0.450 e. The SMILES string of the molecule is Cc1c(-c2nnc(C(=O)NCCCN3CCCC3)o2)oc2c(C)cccc12.Cl. The minimum atomic E-state index is -0.347. The summed E-state index contributed by atoms with van der Waals surface area (Å²) in [5, 5.41) is 11.7. The third kappa shape index (κ3) is 4.05. The van der Waals surface area contributed by atoms with Crippen molar-refractivity contribution in [3.8, 4) is 11.7 Å². The van der Waals surface area contributed by atoms with Gasteiger partial charge >= 0.3 is 11.8 Å². The fourth-order valence-corrected chi connectivity index (χ4v) is 3.58. The van der Waals surface area contributed by atoms with Gasteiger partial charge in [-0.05, 0) is 58.3 Å². The highest BCUT2D eigenvalue weighted by Crippen LogP contribution is 2.33. The van der Waals surface area contributed by atoms with Crippen molar-refractivity contribution >= 4 is 29.3 Å². The van der Waals surface area contributed by atoms with Gasteiger partial charge in [-0.2, -0.15) is 0 Å². The first kappa shape index (κ1) is 20.4. The van der Waals surface area contributed by atoms with E-state index < -0.39 is 0 Å². The van der Waals surface area contributed by atoms with E-state index in [1.54, 1.807) is 0 Å². The third-order valence-electron chi connectivity index (χ3n) is 5.11. The van der Waals surface area contributed by atoms with Gasteiger partial charge in [0.1, 0.15) is 5.58 Å². The molecule has 0 spiro atoms. The maximum absolute atomic E-state index is 12.2. The molecule has 0 unspecified atom stereocenters. The summed E-state index contributed by atoms with van der Waals surface area (Å²) in [6.45, 7) is 7.87. The molecule has 1 fully saturated rings. The van der Waals surface area contributed by atoms with Gasteiger partial charge in [0.2, 0.25) is 0 Å². The molecule has 1 aromatic carbocycles. The molecule has 150 valence electrons. The molecule has 1 aliphatic rings. The number of hydrogen-bond donors (Lipinski definition) is 1. The van der Waals surface area contributed by atoms with Gasteiger partial charge < -0.3 is 19.1 Å². The van der Waals surface area contributed by atoms with Crippen LogP contribution in [0.4, 0.5) is 0 Å². The zero-order chi connectivity index (χ0) is 18.8. The average Bonchev–Trinajstić information content (AvgIpc) is 3.40. The summed E-state index contributed by atoms with van der Waals surface area (Å²) in [5.74, 6) is 0.355. The molecule has 0 radical (unpaired) electrons. The van der Waals surface area contributed by atoms with Gasteiger partial charge in [0, 0.05) is 17.5 Å². The Morgan fingerprint density at radius 1 is 1.18 bits per heavy atom. The Kier molecular flexibility index (Phi) is 6.36. The van der Waals surface area contributed by atoms with Crippen molar-refractivity contribution in [1.29, 1.82) is 0 Å². The number of nitrogens with one attached hydrogen (secondary N) is 1. The number of fused-ring (bicyclic) bond motifs is 1. The van der Waals surface area contributed by atoms with Crippen molar-refractivity contribution in [2.75, 3.05) is 26.2 Å². The molecule has 0 atom stereocenters. The van der Waals surface area contributed by atoms with Crippen molar-refractivity contribution in [3.63, 3.8) is 0 Å². The number of aryl methyl sites for hydroxylation is 2. The molecule has 1 saturated heterocycles. The summed E-state index contributed by atoms with van der Waals surface area (Å²) < 4.78 is 11.5. The Balaban J connectivity index is 0.00000225. The van der Waals surface area contributed by atoms with Crippen LogP contribution in [-0.2, 0) is 0 Å². The number of likely N-dealkylation sites (tertiary alicyclic amines) is 1. The van der Waals surface area contributed by atoms with E-state index in [9.17, 15) is 4.79 Å². The zero-order valence-corrected chi connectivity index (χ0v) is 17.0. The van der Waals surface area contributed by atoms with Crippen molar-refractivity contribution in [3.05, 3.63) is 35.2 Å². The number of carbonyl (C=O) groups excluding carboxylic acids is 1. The average molecular weight is 405 g/mol. The van der Waals surface area contributed by atoms with E-state index in [4.69, 9.17) is 8.83 Å². The fourth-order valence-electron chi connectivity index (χ4n) is 3.58. The van der Waals surface area contributed by atoms with Crippen LogP contribution >= 0.6 is 12.4 Å². The molecule has 2 aromatic heterocycles. The number of nitrogens with zero attached hydrogens (tertiary/aromatic N) is 3. The van der Waals surface area contributed by atoms with Crippen LogP contribution in [0.5, 0.6) is 0 Å². The number of para-hydroxylation sites is 1. The van der Waals surface area contributed by atoms with Crippen molar-refractivity contribution in [2.24, 2.45) is 0 Å². The van der Waals surface area contributed by atoms with E-state index in [2.05, 4.69) is 20.4 Å². The lowest BCUT2D eigenvalue weighted by Crippen LogP contribution is -2.28. The van der Waals surface area contributed by atoms with Crippen LogP contribution in [0.15, 0.2) is 27.0 Å². The second kappa shape index (κ2) is 8.75. The van der Waals surface area contributed by atoms with E-state index in [0.717, 1.165) is 48.2 Å². The quantitative estimate of drug-likeness (QED) is 0.630. The van der Waals surface area contributed by atoms with Crippen LogP contribution in [0.1, 0.15) is 41.1 Å². The van der Waals surface area contributed by atoms with Gasteiger partial charge in [-0.1, -0.05) is 18.2 Å². The normalized spacial score (nSPS) is 14.4. The Labute approximate surface area is 169 Å². The molecule has 1 amide bonds. The van der Waals surface area contributed by atoms with Crippen LogP contribution < -0.4 is 5.32 Å². The molecule has 0 bridgehead atoms. The van der Waals surface area contributed by atoms with E-state index in [1.165, 1.54) is 12.8 Å². The van der Waals surface area contributed by atoms with Gasteiger partial charge in [-0.25, -0.2) is 0 Å². The first-order chi connectivity index (χ1) is 13.1. The maximum atomic E-state index is 12.2. The van der Waals surface area contributed by atoms with Crippen LogP contribution in [0.2, 0.25) is 0 Å². The number of halogens is 1. The second-order valence-corrected chi connectivity index (χ2v) is 7.08. The van der Waals surface area contributed by atoms with Crippen LogP contribution in [0, 0.1) is 13.8 Å². The summed E-state index contributed by atoms with van der Waals surface area (Å²) in [4.78, 5) is 14.7.